The lowest BCUT2D eigenvalue weighted by atomic mass is 9.87. The van der Waals surface area contributed by atoms with Crippen LogP contribution >= 0.6 is 0 Å². The Morgan fingerprint density at radius 2 is 1.55 bits per heavy atom. The highest BCUT2D eigenvalue weighted by molar-refractivity contribution is 5.86. The van der Waals surface area contributed by atoms with Crippen molar-refractivity contribution >= 4 is 12.0 Å². The standard InChI is InChI=1S/C26H23F3O4/c1-25(2,3)20-5-4-6-22(16-20)32-23-15-19(8-7-18(23)11-14-24(30)31)17-9-12-21(13-10-17)33-26(27,28)29/h4-16H,1-3H3,(H,30,31)/b14-11-. The van der Waals surface area contributed by atoms with Crippen LogP contribution in [0, 0.1) is 0 Å². The van der Waals surface area contributed by atoms with Crippen LogP contribution in [0.5, 0.6) is 17.2 Å². The SMILES string of the molecule is CC(C)(C)c1cccc(Oc2cc(-c3ccc(OC(F)(F)F)cc3)ccc2/C=C\C(=O)O)c1. The Morgan fingerprint density at radius 3 is 2.15 bits per heavy atom. The maximum Gasteiger partial charge on any atom is 0.573 e. The Hall–Kier alpha value is -3.74. The molecule has 3 aromatic carbocycles. The molecule has 3 rings (SSSR count). The first-order chi connectivity index (χ1) is 15.4. The van der Waals surface area contributed by atoms with Gasteiger partial charge in [-0.05, 0) is 58.5 Å². The van der Waals surface area contributed by atoms with Crippen molar-refractivity contribution in [3.05, 3.63) is 83.9 Å². The lowest BCUT2D eigenvalue weighted by molar-refractivity contribution is -0.274. The number of halogens is 3. The Kier molecular flexibility index (Phi) is 6.81. The fraction of sp³-hybridized carbons (Fsp3) is 0.192. The summed E-state index contributed by atoms with van der Waals surface area (Å²) in [7, 11) is 0. The molecule has 0 atom stereocenters. The summed E-state index contributed by atoms with van der Waals surface area (Å²) in [6, 6.07) is 18.2. The Labute approximate surface area is 189 Å². The van der Waals surface area contributed by atoms with E-state index in [0.29, 0.717) is 28.2 Å². The van der Waals surface area contributed by atoms with Gasteiger partial charge in [-0.25, -0.2) is 4.79 Å². The van der Waals surface area contributed by atoms with Gasteiger partial charge in [0.15, 0.2) is 0 Å². The average molecular weight is 456 g/mol. The van der Waals surface area contributed by atoms with E-state index in [9.17, 15) is 18.0 Å². The predicted octanol–water partition coefficient (Wildman–Crippen LogP) is 7.44. The number of carboxylic acid groups (broad SMARTS) is 1. The number of rotatable bonds is 6. The van der Waals surface area contributed by atoms with E-state index in [1.54, 1.807) is 24.3 Å². The van der Waals surface area contributed by atoms with Crippen LogP contribution in [0.2, 0.25) is 0 Å². The summed E-state index contributed by atoms with van der Waals surface area (Å²) in [4.78, 5) is 11.0. The molecule has 0 aliphatic carbocycles. The largest absolute Gasteiger partial charge is 0.573 e. The number of alkyl halides is 3. The number of aliphatic carboxylic acids is 1. The summed E-state index contributed by atoms with van der Waals surface area (Å²) >= 11 is 0. The van der Waals surface area contributed by atoms with Gasteiger partial charge in [0.1, 0.15) is 17.2 Å². The van der Waals surface area contributed by atoms with Crippen molar-refractivity contribution in [2.75, 3.05) is 0 Å². The molecule has 0 unspecified atom stereocenters. The molecule has 4 nitrogen and oxygen atoms in total. The smallest absolute Gasteiger partial charge is 0.478 e. The normalized spacial score (nSPS) is 12.1. The van der Waals surface area contributed by atoms with Crippen molar-refractivity contribution in [1.82, 2.24) is 0 Å². The quantitative estimate of drug-likeness (QED) is 0.392. The van der Waals surface area contributed by atoms with E-state index in [1.807, 2.05) is 18.2 Å². The highest BCUT2D eigenvalue weighted by Crippen LogP contribution is 2.34. The molecule has 0 aliphatic heterocycles. The third kappa shape index (κ3) is 6.87. The number of carbonyl (C=O) groups is 1. The number of hydrogen-bond donors (Lipinski definition) is 1. The molecule has 33 heavy (non-hydrogen) atoms. The predicted molar refractivity (Wildman–Crippen MR) is 120 cm³/mol. The molecule has 7 heteroatoms. The zero-order chi connectivity index (χ0) is 24.2. The zero-order valence-electron chi connectivity index (χ0n) is 18.3. The molecule has 0 radical (unpaired) electrons. The van der Waals surface area contributed by atoms with E-state index in [4.69, 9.17) is 9.84 Å². The van der Waals surface area contributed by atoms with Crippen LogP contribution in [0.1, 0.15) is 31.9 Å². The van der Waals surface area contributed by atoms with Crippen molar-refractivity contribution in [2.24, 2.45) is 0 Å². The molecule has 0 spiro atoms. The average Bonchev–Trinajstić information content (AvgIpc) is 2.72. The fourth-order valence-electron chi connectivity index (χ4n) is 3.10. The maximum atomic E-state index is 12.4. The first-order valence-corrected chi connectivity index (χ1v) is 10.1. The monoisotopic (exact) mass is 456 g/mol. The van der Waals surface area contributed by atoms with Gasteiger partial charge in [-0.3, -0.25) is 0 Å². The van der Waals surface area contributed by atoms with E-state index in [1.165, 1.54) is 30.3 Å². The number of carboxylic acids is 1. The van der Waals surface area contributed by atoms with Crippen molar-refractivity contribution in [2.45, 2.75) is 32.5 Å². The minimum Gasteiger partial charge on any atom is -0.478 e. The minimum atomic E-state index is -4.76. The number of hydrogen-bond acceptors (Lipinski definition) is 3. The van der Waals surface area contributed by atoms with Crippen molar-refractivity contribution in [1.29, 1.82) is 0 Å². The highest BCUT2D eigenvalue weighted by Gasteiger charge is 2.31. The lowest BCUT2D eigenvalue weighted by Crippen LogP contribution is -2.16. The first-order valence-electron chi connectivity index (χ1n) is 10.1. The van der Waals surface area contributed by atoms with Crippen LogP contribution in [0.25, 0.3) is 17.2 Å². The van der Waals surface area contributed by atoms with Crippen molar-refractivity contribution in [3.8, 4) is 28.4 Å². The lowest BCUT2D eigenvalue weighted by Gasteiger charge is -2.20. The fourth-order valence-corrected chi connectivity index (χ4v) is 3.10. The van der Waals surface area contributed by atoms with E-state index >= 15 is 0 Å². The van der Waals surface area contributed by atoms with Crippen LogP contribution in [-0.4, -0.2) is 17.4 Å². The van der Waals surface area contributed by atoms with Gasteiger partial charge in [-0.1, -0.05) is 57.2 Å². The molecule has 3 aromatic rings. The van der Waals surface area contributed by atoms with Crippen molar-refractivity contribution in [3.63, 3.8) is 0 Å². The molecule has 0 fully saturated rings. The molecule has 0 bridgehead atoms. The Morgan fingerprint density at radius 1 is 0.879 bits per heavy atom. The molecule has 0 amide bonds. The molecule has 0 saturated carbocycles. The third-order valence-corrected chi connectivity index (χ3v) is 4.77. The molecular weight excluding hydrogens is 433 g/mol. The second kappa shape index (κ2) is 9.40. The highest BCUT2D eigenvalue weighted by atomic mass is 19.4. The summed E-state index contributed by atoms with van der Waals surface area (Å²) < 4.78 is 47.3. The second-order valence-electron chi connectivity index (χ2n) is 8.38. The summed E-state index contributed by atoms with van der Waals surface area (Å²) in [5, 5.41) is 9.00. The molecule has 0 heterocycles. The van der Waals surface area contributed by atoms with Gasteiger partial charge in [-0.15, -0.1) is 13.2 Å². The molecule has 172 valence electrons. The van der Waals surface area contributed by atoms with E-state index < -0.39 is 12.3 Å². The molecule has 0 aliphatic rings. The van der Waals surface area contributed by atoms with Gasteiger partial charge >= 0.3 is 12.3 Å². The summed E-state index contributed by atoms with van der Waals surface area (Å²) in [6.45, 7) is 6.25. The van der Waals surface area contributed by atoms with Crippen LogP contribution in [0.3, 0.4) is 0 Å². The van der Waals surface area contributed by atoms with Gasteiger partial charge in [-0.2, -0.15) is 0 Å². The number of ether oxygens (including phenoxy) is 2. The molecule has 0 aromatic heterocycles. The summed E-state index contributed by atoms with van der Waals surface area (Å²) in [5.41, 5.74) is 2.85. The van der Waals surface area contributed by atoms with Gasteiger partial charge in [0.25, 0.3) is 0 Å². The van der Waals surface area contributed by atoms with Crippen LogP contribution in [-0.2, 0) is 10.2 Å². The van der Waals surface area contributed by atoms with E-state index in [2.05, 4.69) is 25.5 Å². The Bertz CT molecular complexity index is 1160. The zero-order valence-corrected chi connectivity index (χ0v) is 18.3. The number of benzene rings is 3. The summed E-state index contributed by atoms with van der Waals surface area (Å²) in [5.74, 6) is -0.423. The van der Waals surface area contributed by atoms with Crippen molar-refractivity contribution < 1.29 is 32.5 Å². The van der Waals surface area contributed by atoms with E-state index in [0.717, 1.165) is 11.6 Å². The Balaban J connectivity index is 1.97. The topological polar surface area (TPSA) is 55.8 Å². The summed E-state index contributed by atoms with van der Waals surface area (Å²) in [6.07, 6.45) is -2.33. The van der Waals surface area contributed by atoms with Crippen LogP contribution in [0.15, 0.2) is 72.8 Å². The maximum absolute atomic E-state index is 12.4. The van der Waals surface area contributed by atoms with Gasteiger partial charge in [0.05, 0.1) is 0 Å². The van der Waals surface area contributed by atoms with Gasteiger partial charge in [0, 0.05) is 11.6 Å². The van der Waals surface area contributed by atoms with Crippen LogP contribution < -0.4 is 9.47 Å². The second-order valence-corrected chi connectivity index (χ2v) is 8.38. The van der Waals surface area contributed by atoms with Gasteiger partial charge < -0.3 is 14.6 Å². The molecule has 0 saturated heterocycles. The molecule has 1 N–H and O–H groups in total. The molecular formula is C26H23F3O4. The van der Waals surface area contributed by atoms with Gasteiger partial charge in [0.2, 0.25) is 0 Å². The van der Waals surface area contributed by atoms with E-state index in [-0.39, 0.29) is 11.2 Å². The minimum absolute atomic E-state index is 0.0898. The first kappa shape index (κ1) is 23.9. The van der Waals surface area contributed by atoms with Crippen LogP contribution in [0.4, 0.5) is 13.2 Å². The third-order valence-electron chi connectivity index (χ3n) is 4.77.